The van der Waals surface area contributed by atoms with Crippen LogP contribution in [0.5, 0.6) is 5.75 Å². The van der Waals surface area contributed by atoms with Crippen molar-refractivity contribution in [2.24, 2.45) is 0 Å². The van der Waals surface area contributed by atoms with Crippen molar-refractivity contribution < 1.29 is 14.3 Å². The van der Waals surface area contributed by atoms with Crippen molar-refractivity contribution >= 4 is 69.2 Å². The highest BCUT2D eigenvalue weighted by Crippen LogP contribution is 2.42. The zero-order valence-electron chi connectivity index (χ0n) is 23.1. The van der Waals surface area contributed by atoms with Crippen LogP contribution in [-0.2, 0) is 22.7 Å². The third-order valence-electron chi connectivity index (χ3n) is 7.91. The minimum atomic E-state index is 0.0432. The van der Waals surface area contributed by atoms with Crippen LogP contribution >= 0.6 is 57.7 Å². The molecule has 1 N–H and O–H groups in total. The molecule has 2 fully saturated rings. The smallest absolute Gasteiger partial charge is 0.252 e. The van der Waals surface area contributed by atoms with Crippen LogP contribution in [0, 0.1) is 6.92 Å². The maximum Gasteiger partial charge on any atom is 0.252 e. The summed E-state index contributed by atoms with van der Waals surface area (Å²) in [5.74, 6) is 0.546. The van der Waals surface area contributed by atoms with E-state index >= 15 is 0 Å². The molecule has 1 aromatic heterocycles. The number of hydrogen-bond acceptors (Lipinski definition) is 6. The molecule has 2 bridgehead atoms. The van der Waals surface area contributed by atoms with E-state index in [4.69, 9.17) is 55.9 Å². The maximum atomic E-state index is 14.3. The molecule has 1 amide bonds. The zero-order valence-corrected chi connectivity index (χ0v) is 26.9. The molecule has 1 saturated carbocycles. The van der Waals surface area contributed by atoms with E-state index in [9.17, 15) is 4.79 Å². The van der Waals surface area contributed by atoms with Crippen LogP contribution in [-0.4, -0.2) is 47.1 Å². The van der Waals surface area contributed by atoms with Gasteiger partial charge in [0.05, 0.1) is 38.2 Å². The van der Waals surface area contributed by atoms with Gasteiger partial charge in [-0.1, -0.05) is 58.5 Å². The lowest BCUT2D eigenvalue weighted by Crippen LogP contribution is -2.44. The first-order valence-corrected chi connectivity index (χ1v) is 16.5. The van der Waals surface area contributed by atoms with Gasteiger partial charge in [0.25, 0.3) is 5.91 Å². The Balaban J connectivity index is 1.15. The molecule has 222 valence electrons. The Kier molecular flexibility index (Phi) is 9.37. The quantitative estimate of drug-likeness (QED) is 0.209. The highest BCUT2D eigenvalue weighted by atomic mass is 35.5. The van der Waals surface area contributed by atoms with Crippen LogP contribution in [0.4, 0.5) is 0 Å². The summed E-state index contributed by atoms with van der Waals surface area (Å²) in [5.41, 5.74) is 3.81. The number of aryl methyl sites for hydroxylation is 1. The molecule has 2 aliphatic heterocycles. The van der Waals surface area contributed by atoms with Gasteiger partial charge in [0.1, 0.15) is 11.6 Å². The van der Waals surface area contributed by atoms with Crippen LogP contribution < -0.4 is 10.1 Å². The second-order valence-electron chi connectivity index (χ2n) is 11.0. The van der Waals surface area contributed by atoms with Crippen molar-refractivity contribution in [2.45, 2.75) is 70.3 Å². The van der Waals surface area contributed by atoms with Gasteiger partial charge < -0.3 is 19.7 Å². The number of hydrogen-bond donors (Lipinski definition) is 1. The van der Waals surface area contributed by atoms with E-state index in [1.54, 1.807) is 17.4 Å². The predicted octanol–water partition coefficient (Wildman–Crippen LogP) is 8.13. The maximum absolute atomic E-state index is 14.3. The molecule has 3 aromatic rings. The van der Waals surface area contributed by atoms with Crippen molar-refractivity contribution in [3.63, 3.8) is 0 Å². The van der Waals surface area contributed by atoms with Crippen LogP contribution in [0.1, 0.15) is 53.1 Å². The molecule has 0 radical (unpaired) electrons. The SMILES string of the molecule is Cc1cc(Cl)c(OCCOCc2ncc(C3=C(C(=O)N(Cc4cccc(Cl)c4Cl)C4CC4)C4CC[C@@H](C3)N4)s2)c(Cl)c1. The van der Waals surface area contributed by atoms with Gasteiger partial charge >= 0.3 is 0 Å². The second-order valence-corrected chi connectivity index (χ2v) is 13.8. The topological polar surface area (TPSA) is 63.7 Å². The van der Waals surface area contributed by atoms with Crippen LogP contribution in [0.15, 0.2) is 42.1 Å². The standard InChI is InChI=1S/C31H31Cl4N3O3S/c1-17-11-23(33)30(24(34)12-17)41-10-9-40-16-27-36-14-26(42-27)21-13-19-5-8-25(37-19)28(21)31(39)38(20-6-7-20)15-18-3-2-4-22(32)29(18)35/h2-4,11-12,14,19-20,25,37H,5-10,13,15-16H2,1H3/t19-,25?/m0/s1. The molecule has 3 aliphatic rings. The molecule has 1 aliphatic carbocycles. The van der Waals surface area contributed by atoms with E-state index in [1.807, 2.05) is 42.3 Å². The van der Waals surface area contributed by atoms with Crippen LogP contribution in [0.3, 0.4) is 0 Å². The summed E-state index contributed by atoms with van der Waals surface area (Å²) in [6.07, 6.45) is 6.70. The Hall–Kier alpha value is -1.84. The number of thiazole rings is 1. The summed E-state index contributed by atoms with van der Waals surface area (Å²) in [7, 11) is 0. The summed E-state index contributed by atoms with van der Waals surface area (Å²) in [6.45, 7) is 3.40. The number of carbonyl (C=O) groups excluding carboxylic acids is 1. The molecule has 42 heavy (non-hydrogen) atoms. The van der Waals surface area contributed by atoms with Crippen molar-refractivity contribution in [1.82, 2.24) is 15.2 Å². The van der Waals surface area contributed by atoms with E-state index < -0.39 is 0 Å². The normalized spacial score (nSPS) is 19.8. The minimum Gasteiger partial charge on any atom is -0.488 e. The molecular weight excluding hydrogens is 636 g/mol. The van der Waals surface area contributed by atoms with Crippen molar-refractivity contribution in [1.29, 1.82) is 0 Å². The summed E-state index contributed by atoms with van der Waals surface area (Å²) in [6, 6.07) is 9.87. The number of ether oxygens (including phenoxy) is 2. The number of carbonyl (C=O) groups is 1. The summed E-state index contributed by atoms with van der Waals surface area (Å²) < 4.78 is 11.6. The van der Waals surface area contributed by atoms with Gasteiger partial charge in [0.15, 0.2) is 5.75 Å². The van der Waals surface area contributed by atoms with Gasteiger partial charge in [-0.15, -0.1) is 11.3 Å². The third kappa shape index (κ3) is 6.63. The molecule has 0 spiro atoms. The van der Waals surface area contributed by atoms with Crippen LogP contribution in [0.2, 0.25) is 20.1 Å². The second kappa shape index (κ2) is 13.0. The third-order valence-corrected chi connectivity index (χ3v) is 10.4. The summed E-state index contributed by atoms with van der Waals surface area (Å²) >= 11 is 26.9. The summed E-state index contributed by atoms with van der Waals surface area (Å²) in [4.78, 5) is 21.9. The van der Waals surface area contributed by atoms with Gasteiger partial charge in [0, 0.05) is 36.4 Å². The highest BCUT2D eigenvalue weighted by Gasteiger charge is 2.42. The Morgan fingerprint density at radius 2 is 1.86 bits per heavy atom. The molecule has 3 heterocycles. The fourth-order valence-electron chi connectivity index (χ4n) is 5.75. The molecule has 2 aromatic carbocycles. The van der Waals surface area contributed by atoms with Gasteiger partial charge in [0.2, 0.25) is 0 Å². The Labute approximate surface area is 269 Å². The molecule has 1 unspecified atom stereocenters. The Bertz CT molecular complexity index is 1500. The largest absolute Gasteiger partial charge is 0.488 e. The van der Waals surface area contributed by atoms with E-state index in [1.165, 1.54) is 0 Å². The predicted molar refractivity (Wildman–Crippen MR) is 170 cm³/mol. The molecule has 6 rings (SSSR count). The van der Waals surface area contributed by atoms with Gasteiger partial charge in [-0.25, -0.2) is 4.98 Å². The number of halogens is 4. The van der Waals surface area contributed by atoms with E-state index in [-0.39, 0.29) is 18.0 Å². The van der Waals surface area contributed by atoms with Crippen molar-refractivity contribution in [2.75, 3.05) is 13.2 Å². The number of aromatic nitrogens is 1. The Morgan fingerprint density at radius 3 is 2.62 bits per heavy atom. The van der Waals surface area contributed by atoms with Gasteiger partial charge in [-0.2, -0.15) is 0 Å². The molecular formula is C31H31Cl4N3O3S. The highest BCUT2D eigenvalue weighted by molar-refractivity contribution is 7.12. The summed E-state index contributed by atoms with van der Waals surface area (Å²) in [5, 5.41) is 6.50. The van der Waals surface area contributed by atoms with Gasteiger partial charge in [-0.05, 0) is 73.9 Å². The number of nitrogens with zero attached hydrogens (tertiary/aromatic N) is 2. The molecule has 2 atom stereocenters. The van der Waals surface area contributed by atoms with Crippen molar-refractivity contribution in [3.05, 3.63) is 83.2 Å². The lowest BCUT2D eigenvalue weighted by Gasteiger charge is -2.31. The minimum absolute atomic E-state index is 0.0432. The first kappa shape index (κ1) is 30.2. The van der Waals surface area contributed by atoms with E-state index in [0.29, 0.717) is 58.2 Å². The Morgan fingerprint density at radius 1 is 1.07 bits per heavy atom. The average molecular weight is 667 g/mol. The number of rotatable bonds is 11. The van der Waals surface area contributed by atoms with E-state index in [0.717, 1.165) is 64.3 Å². The van der Waals surface area contributed by atoms with Gasteiger partial charge in [-0.3, -0.25) is 4.79 Å². The zero-order chi connectivity index (χ0) is 29.4. The monoisotopic (exact) mass is 665 g/mol. The molecule has 11 heteroatoms. The number of nitrogens with one attached hydrogen (secondary N) is 1. The van der Waals surface area contributed by atoms with E-state index in [2.05, 4.69) is 10.3 Å². The lowest BCUT2D eigenvalue weighted by molar-refractivity contribution is -0.128. The average Bonchev–Trinajstić information content (AvgIpc) is 3.57. The number of fused-ring (bicyclic) bond motifs is 2. The lowest BCUT2D eigenvalue weighted by atomic mass is 9.93. The number of benzene rings is 2. The molecule has 1 saturated heterocycles. The van der Waals surface area contributed by atoms with Crippen molar-refractivity contribution in [3.8, 4) is 5.75 Å². The number of amides is 1. The fraction of sp³-hybridized carbons (Fsp3) is 0.419. The first-order chi connectivity index (χ1) is 20.3. The first-order valence-electron chi connectivity index (χ1n) is 14.1. The fourth-order valence-corrected chi connectivity index (χ4v) is 7.76. The van der Waals surface area contributed by atoms with Crippen LogP contribution in [0.25, 0.3) is 5.57 Å². The molecule has 6 nitrogen and oxygen atoms in total.